The normalized spacial score (nSPS) is 18.3. The summed E-state index contributed by atoms with van der Waals surface area (Å²) in [5, 5.41) is 2.92. The molecule has 0 aromatic heterocycles. The average Bonchev–Trinajstić information content (AvgIpc) is 2.95. The molecule has 6 heteroatoms. The van der Waals surface area contributed by atoms with E-state index in [1.807, 2.05) is 50.2 Å². The van der Waals surface area contributed by atoms with Crippen LogP contribution in [0, 0.1) is 13.8 Å². The predicted molar refractivity (Wildman–Crippen MR) is 109 cm³/mol. The maximum atomic E-state index is 13.2. The number of amides is 4. The molecule has 150 valence electrons. The van der Waals surface area contributed by atoms with Gasteiger partial charge in [0.1, 0.15) is 5.54 Å². The second-order valence-corrected chi connectivity index (χ2v) is 7.99. The van der Waals surface area contributed by atoms with Crippen LogP contribution in [-0.4, -0.2) is 46.3 Å². The number of piperidine rings is 1. The van der Waals surface area contributed by atoms with Gasteiger partial charge >= 0.3 is 6.03 Å². The molecule has 0 bridgehead atoms. The summed E-state index contributed by atoms with van der Waals surface area (Å²) < 4.78 is 0. The molecule has 2 aliphatic rings. The Morgan fingerprint density at radius 1 is 1.03 bits per heavy atom. The van der Waals surface area contributed by atoms with Gasteiger partial charge in [0.25, 0.3) is 11.8 Å². The Hall–Kier alpha value is -3.15. The summed E-state index contributed by atoms with van der Waals surface area (Å²) >= 11 is 0. The van der Waals surface area contributed by atoms with Crippen molar-refractivity contribution in [2.24, 2.45) is 0 Å². The summed E-state index contributed by atoms with van der Waals surface area (Å²) in [5.41, 5.74) is 2.87. The molecular formula is C23H25N3O3. The van der Waals surface area contributed by atoms with E-state index in [9.17, 15) is 14.4 Å². The van der Waals surface area contributed by atoms with Gasteiger partial charge in [0.05, 0.1) is 6.54 Å². The van der Waals surface area contributed by atoms with Gasteiger partial charge in [0.15, 0.2) is 0 Å². The molecule has 0 atom stereocenters. The predicted octanol–water partition coefficient (Wildman–Crippen LogP) is 3.03. The van der Waals surface area contributed by atoms with E-state index in [1.165, 1.54) is 4.90 Å². The Kier molecular flexibility index (Phi) is 4.86. The van der Waals surface area contributed by atoms with Gasteiger partial charge in [-0.15, -0.1) is 0 Å². The number of hydrogen-bond acceptors (Lipinski definition) is 3. The summed E-state index contributed by atoms with van der Waals surface area (Å²) in [7, 11) is 0. The lowest BCUT2D eigenvalue weighted by Gasteiger charge is -2.37. The number of carbonyl (C=O) groups excluding carboxylic acids is 3. The number of nitrogens with one attached hydrogen (secondary N) is 1. The smallest absolute Gasteiger partial charge is 0.325 e. The maximum Gasteiger partial charge on any atom is 0.325 e. The first-order valence-electron chi connectivity index (χ1n) is 9.94. The van der Waals surface area contributed by atoms with Crippen molar-refractivity contribution < 1.29 is 14.4 Å². The first kappa shape index (κ1) is 19.2. The first-order chi connectivity index (χ1) is 13.9. The van der Waals surface area contributed by atoms with E-state index < -0.39 is 5.54 Å². The Balaban J connectivity index is 1.46. The van der Waals surface area contributed by atoms with Gasteiger partial charge in [-0.25, -0.2) is 4.79 Å². The van der Waals surface area contributed by atoms with E-state index in [1.54, 1.807) is 17.0 Å². The molecule has 0 radical (unpaired) electrons. The average molecular weight is 391 g/mol. The van der Waals surface area contributed by atoms with Crippen molar-refractivity contribution >= 4 is 17.8 Å². The summed E-state index contributed by atoms with van der Waals surface area (Å²) in [4.78, 5) is 41.5. The highest BCUT2D eigenvalue weighted by Gasteiger charge is 2.52. The van der Waals surface area contributed by atoms with E-state index in [4.69, 9.17) is 0 Å². The number of aryl methyl sites for hydroxylation is 2. The molecule has 0 unspecified atom stereocenters. The van der Waals surface area contributed by atoms with Crippen LogP contribution < -0.4 is 5.32 Å². The van der Waals surface area contributed by atoms with Gasteiger partial charge in [-0.05, 0) is 49.9 Å². The van der Waals surface area contributed by atoms with Crippen molar-refractivity contribution in [1.29, 1.82) is 0 Å². The van der Waals surface area contributed by atoms with Crippen LogP contribution in [0.4, 0.5) is 4.79 Å². The van der Waals surface area contributed by atoms with Crippen LogP contribution in [0.1, 0.15) is 39.9 Å². The standard InChI is InChI=1S/C23H25N3O3/c1-16-8-9-17(2)19(14-16)15-26-21(28)23(24-22(26)29)10-12-25(13-11-23)20(27)18-6-4-3-5-7-18/h3-9,14H,10-13,15H2,1-2H3,(H,24,29). The SMILES string of the molecule is Cc1ccc(C)c(CN2C(=O)NC3(CCN(C(=O)c4ccccc4)CC3)C2=O)c1. The number of hydrogen-bond donors (Lipinski definition) is 1. The molecule has 29 heavy (non-hydrogen) atoms. The molecule has 2 aliphatic heterocycles. The van der Waals surface area contributed by atoms with Crippen LogP contribution in [0.3, 0.4) is 0 Å². The second kappa shape index (κ2) is 7.35. The number of benzene rings is 2. The van der Waals surface area contributed by atoms with Crippen molar-refractivity contribution in [2.45, 2.75) is 38.8 Å². The summed E-state index contributed by atoms with van der Waals surface area (Å²) in [6.45, 7) is 5.13. The van der Waals surface area contributed by atoms with E-state index in [2.05, 4.69) is 5.32 Å². The molecule has 2 heterocycles. The Morgan fingerprint density at radius 2 is 1.72 bits per heavy atom. The maximum absolute atomic E-state index is 13.2. The Bertz CT molecular complexity index is 963. The summed E-state index contributed by atoms with van der Waals surface area (Å²) in [5.74, 6) is -0.223. The zero-order chi connectivity index (χ0) is 20.6. The molecule has 1 spiro atoms. The highest BCUT2D eigenvalue weighted by atomic mass is 16.2. The molecule has 2 aromatic carbocycles. The third-order valence-corrected chi connectivity index (χ3v) is 6.00. The molecule has 2 aromatic rings. The Morgan fingerprint density at radius 3 is 2.41 bits per heavy atom. The van der Waals surface area contributed by atoms with Crippen molar-refractivity contribution in [1.82, 2.24) is 15.1 Å². The molecule has 4 rings (SSSR count). The lowest BCUT2D eigenvalue weighted by atomic mass is 9.87. The van der Waals surface area contributed by atoms with E-state index in [-0.39, 0.29) is 24.4 Å². The number of likely N-dealkylation sites (tertiary alicyclic amines) is 1. The van der Waals surface area contributed by atoms with Crippen LogP contribution in [0.15, 0.2) is 48.5 Å². The van der Waals surface area contributed by atoms with Crippen LogP contribution in [0.25, 0.3) is 0 Å². The van der Waals surface area contributed by atoms with Crippen LogP contribution in [-0.2, 0) is 11.3 Å². The second-order valence-electron chi connectivity index (χ2n) is 7.99. The highest BCUT2D eigenvalue weighted by Crippen LogP contribution is 2.31. The molecule has 6 nitrogen and oxygen atoms in total. The van der Waals surface area contributed by atoms with Crippen molar-refractivity contribution in [3.8, 4) is 0 Å². The van der Waals surface area contributed by atoms with E-state index in [0.29, 0.717) is 31.5 Å². The lowest BCUT2D eigenvalue weighted by Crippen LogP contribution is -2.55. The van der Waals surface area contributed by atoms with Crippen molar-refractivity contribution in [3.05, 3.63) is 70.8 Å². The zero-order valence-electron chi connectivity index (χ0n) is 16.8. The topological polar surface area (TPSA) is 69.7 Å². The van der Waals surface area contributed by atoms with Gasteiger partial charge in [-0.1, -0.05) is 42.0 Å². The quantitative estimate of drug-likeness (QED) is 0.818. The summed E-state index contributed by atoms with van der Waals surface area (Å²) in [6, 6.07) is 14.8. The molecule has 2 fully saturated rings. The number of carbonyl (C=O) groups is 3. The van der Waals surface area contributed by atoms with Gasteiger partial charge < -0.3 is 10.2 Å². The molecule has 0 saturated carbocycles. The number of imide groups is 1. The molecule has 0 aliphatic carbocycles. The van der Waals surface area contributed by atoms with Crippen molar-refractivity contribution in [2.75, 3.05) is 13.1 Å². The first-order valence-corrected chi connectivity index (χ1v) is 9.94. The van der Waals surface area contributed by atoms with Crippen molar-refractivity contribution in [3.63, 3.8) is 0 Å². The van der Waals surface area contributed by atoms with E-state index in [0.717, 1.165) is 16.7 Å². The van der Waals surface area contributed by atoms with Crippen LogP contribution >= 0.6 is 0 Å². The summed E-state index contributed by atoms with van der Waals surface area (Å²) in [6.07, 6.45) is 0.860. The fourth-order valence-electron chi connectivity index (χ4n) is 4.15. The largest absolute Gasteiger partial charge is 0.338 e. The number of rotatable bonds is 3. The Labute approximate surface area is 170 Å². The molecule has 1 N–H and O–H groups in total. The van der Waals surface area contributed by atoms with E-state index >= 15 is 0 Å². The van der Waals surface area contributed by atoms with Gasteiger partial charge in [0, 0.05) is 18.7 Å². The van der Waals surface area contributed by atoms with Gasteiger partial charge in [0.2, 0.25) is 0 Å². The molecule has 4 amide bonds. The minimum atomic E-state index is -0.901. The number of nitrogens with zero attached hydrogens (tertiary/aromatic N) is 2. The lowest BCUT2D eigenvalue weighted by molar-refractivity contribution is -0.133. The zero-order valence-corrected chi connectivity index (χ0v) is 16.8. The number of urea groups is 1. The van der Waals surface area contributed by atoms with Gasteiger partial charge in [-0.2, -0.15) is 0 Å². The minimum absolute atomic E-state index is 0.0375. The fraction of sp³-hybridized carbons (Fsp3) is 0.348. The third kappa shape index (κ3) is 3.50. The molecular weight excluding hydrogens is 366 g/mol. The fourth-order valence-corrected chi connectivity index (χ4v) is 4.15. The monoisotopic (exact) mass is 391 g/mol. The van der Waals surface area contributed by atoms with Crippen LogP contribution in [0.5, 0.6) is 0 Å². The minimum Gasteiger partial charge on any atom is -0.338 e. The van der Waals surface area contributed by atoms with Gasteiger partial charge in [-0.3, -0.25) is 14.5 Å². The highest BCUT2D eigenvalue weighted by molar-refractivity contribution is 6.07. The van der Waals surface area contributed by atoms with Crippen LogP contribution in [0.2, 0.25) is 0 Å². The molecule has 2 saturated heterocycles. The third-order valence-electron chi connectivity index (χ3n) is 6.00.